The number of pyridine rings is 1. The highest BCUT2D eigenvalue weighted by atomic mass is 35.5. The van der Waals surface area contributed by atoms with Gasteiger partial charge >= 0.3 is 0 Å². The number of carbonyl (C=O) groups is 1. The number of anilines is 1. The standard InChI is InChI=1S/C19H18Cl2N4O/c1-11-15(21)3-5-18(22-11)24-19(26)10-25-7-6-13-14-8-12(20)2-4-16(14)23-17(13)9-25/h2-5,8,23H,6-7,9-10H2,1H3,(H,22,24,26). The molecule has 3 aromatic rings. The summed E-state index contributed by atoms with van der Waals surface area (Å²) >= 11 is 12.1. The second kappa shape index (κ2) is 6.91. The second-order valence-corrected chi connectivity index (χ2v) is 7.39. The summed E-state index contributed by atoms with van der Waals surface area (Å²) in [5, 5.41) is 5.35. The first-order chi connectivity index (χ1) is 12.5. The first-order valence-electron chi connectivity index (χ1n) is 8.44. The predicted octanol–water partition coefficient (Wildman–Crippen LogP) is 4.17. The summed E-state index contributed by atoms with van der Waals surface area (Å²) in [6.07, 6.45) is 0.890. The van der Waals surface area contributed by atoms with Crippen molar-refractivity contribution in [2.24, 2.45) is 0 Å². The summed E-state index contributed by atoms with van der Waals surface area (Å²) in [5.41, 5.74) is 4.24. The van der Waals surface area contributed by atoms with Gasteiger partial charge in [-0.3, -0.25) is 9.69 Å². The lowest BCUT2D eigenvalue weighted by molar-refractivity contribution is -0.117. The van der Waals surface area contributed by atoms with Crippen LogP contribution < -0.4 is 5.32 Å². The van der Waals surface area contributed by atoms with Gasteiger partial charge < -0.3 is 10.3 Å². The van der Waals surface area contributed by atoms with Crippen LogP contribution in [0.5, 0.6) is 0 Å². The van der Waals surface area contributed by atoms with Gasteiger partial charge in [0.1, 0.15) is 5.82 Å². The van der Waals surface area contributed by atoms with Gasteiger partial charge in [-0.15, -0.1) is 0 Å². The molecule has 1 aliphatic rings. The van der Waals surface area contributed by atoms with E-state index in [1.165, 1.54) is 10.9 Å². The smallest absolute Gasteiger partial charge is 0.239 e. The summed E-state index contributed by atoms with van der Waals surface area (Å²) in [6, 6.07) is 9.34. The van der Waals surface area contributed by atoms with E-state index in [2.05, 4.69) is 20.2 Å². The highest BCUT2D eigenvalue weighted by molar-refractivity contribution is 6.31. The van der Waals surface area contributed by atoms with Crippen molar-refractivity contribution in [2.45, 2.75) is 19.9 Å². The number of hydrogen-bond acceptors (Lipinski definition) is 3. The molecule has 0 saturated carbocycles. The van der Waals surface area contributed by atoms with Gasteiger partial charge in [0.15, 0.2) is 0 Å². The molecule has 0 spiro atoms. The van der Waals surface area contributed by atoms with Crippen LogP contribution in [0.15, 0.2) is 30.3 Å². The maximum absolute atomic E-state index is 12.4. The number of amides is 1. The number of aryl methyl sites for hydroxylation is 1. The highest BCUT2D eigenvalue weighted by Crippen LogP contribution is 2.29. The second-order valence-electron chi connectivity index (χ2n) is 6.54. The molecule has 5 nitrogen and oxygen atoms in total. The number of carbonyl (C=O) groups excluding carboxylic acids is 1. The van der Waals surface area contributed by atoms with Gasteiger partial charge in [0.25, 0.3) is 0 Å². The van der Waals surface area contributed by atoms with E-state index in [1.807, 2.05) is 25.1 Å². The van der Waals surface area contributed by atoms with Crippen LogP contribution in [0.2, 0.25) is 10.0 Å². The van der Waals surface area contributed by atoms with Gasteiger partial charge in [0.05, 0.1) is 17.3 Å². The molecule has 134 valence electrons. The number of nitrogens with zero attached hydrogens (tertiary/aromatic N) is 2. The van der Waals surface area contributed by atoms with Gasteiger partial charge in [-0.05, 0) is 49.2 Å². The van der Waals surface area contributed by atoms with Crippen LogP contribution in [-0.2, 0) is 17.8 Å². The molecule has 4 rings (SSSR count). The zero-order chi connectivity index (χ0) is 18.3. The fourth-order valence-corrected chi connectivity index (χ4v) is 3.68. The Balaban J connectivity index is 1.44. The van der Waals surface area contributed by atoms with Gasteiger partial charge in [-0.1, -0.05) is 23.2 Å². The SMILES string of the molecule is Cc1nc(NC(=O)CN2CCc3c([nH]c4ccc(Cl)cc34)C2)ccc1Cl. The van der Waals surface area contributed by atoms with Crippen LogP contribution in [0.25, 0.3) is 10.9 Å². The van der Waals surface area contributed by atoms with E-state index in [1.54, 1.807) is 12.1 Å². The molecule has 1 amide bonds. The Hall–Kier alpha value is -2.08. The number of hydrogen-bond donors (Lipinski definition) is 2. The number of nitrogens with one attached hydrogen (secondary N) is 2. The Morgan fingerprint density at radius 2 is 2.15 bits per heavy atom. The van der Waals surface area contributed by atoms with Gasteiger partial charge in [0, 0.05) is 34.7 Å². The number of fused-ring (bicyclic) bond motifs is 3. The lowest BCUT2D eigenvalue weighted by Crippen LogP contribution is -2.37. The van der Waals surface area contributed by atoms with Gasteiger partial charge in [0.2, 0.25) is 5.91 Å². The molecule has 0 unspecified atom stereocenters. The van der Waals surface area contributed by atoms with Crippen molar-refractivity contribution in [2.75, 3.05) is 18.4 Å². The number of H-pyrrole nitrogens is 1. The summed E-state index contributed by atoms with van der Waals surface area (Å²) in [6.45, 7) is 3.67. The van der Waals surface area contributed by atoms with Crippen molar-refractivity contribution in [3.05, 3.63) is 57.3 Å². The van der Waals surface area contributed by atoms with Crippen LogP contribution in [-0.4, -0.2) is 33.9 Å². The molecule has 1 aliphatic heterocycles. The van der Waals surface area contributed by atoms with E-state index in [4.69, 9.17) is 23.2 Å². The fourth-order valence-electron chi connectivity index (χ4n) is 3.40. The minimum absolute atomic E-state index is 0.0816. The van der Waals surface area contributed by atoms with Crippen molar-refractivity contribution >= 4 is 45.8 Å². The molecule has 0 saturated heterocycles. The molecule has 0 aliphatic carbocycles. The van der Waals surface area contributed by atoms with Crippen molar-refractivity contribution < 1.29 is 4.79 Å². The molecule has 1 aromatic carbocycles. The maximum Gasteiger partial charge on any atom is 0.239 e. The summed E-state index contributed by atoms with van der Waals surface area (Å²) in [7, 11) is 0. The lowest BCUT2D eigenvalue weighted by atomic mass is 10.0. The Kier molecular flexibility index (Phi) is 4.61. The van der Waals surface area contributed by atoms with Crippen molar-refractivity contribution in [1.82, 2.24) is 14.9 Å². The van der Waals surface area contributed by atoms with Crippen LogP contribution in [0.3, 0.4) is 0 Å². The molecule has 26 heavy (non-hydrogen) atoms. The maximum atomic E-state index is 12.4. The monoisotopic (exact) mass is 388 g/mol. The predicted molar refractivity (Wildman–Crippen MR) is 105 cm³/mol. The third kappa shape index (κ3) is 3.43. The summed E-state index contributed by atoms with van der Waals surface area (Å²) in [4.78, 5) is 22.2. The third-order valence-corrected chi connectivity index (χ3v) is 5.31. The topological polar surface area (TPSA) is 61.0 Å². The Morgan fingerprint density at radius 1 is 1.31 bits per heavy atom. The summed E-state index contributed by atoms with van der Waals surface area (Å²) < 4.78 is 0. The molecule has 7 heteroatoms. The zero-order valence-corrected chi connectivity index (χ0v) is 15.8. The van der Waals surface area contributed by atoms with Crippen LogP contribution in [0.4, 0.5) is 5.82 Å². The van der Waals surface area contributed by atoms with E-state index >= 15 is 0 Å². The van der Waals surface area contributed by atoms with Gasteiger partial charge in [-0.25, -0.2) is 4.98 Å². The van der Waals surface area contributed by atoms with Crippen molar-refractivity contribution in [1.29, 1.82) is 0 Å². The van der Waals surface area contributed by atoms with E-state index < -0.39 is 0 Å². The quantitative estimate of drug-likeness (QED) is 0.707. The normalized spacial score (nSPS) is 14.4. The van der Waals surface area contributed by atoms with Crippen LogP contribution in [0.1, 0.15) is 17.0 Å². The number of halogens is 2. The molecule has 2 N–H and O–H groups in total. The van der Waals surface area contributed by atoms with Crippen LogP contribution >= 0.6 is 23.2 Å². The molecule has 0 atom stereocenters. The first-order valence-corrected chi connectivity index (χ1v) is 9.19. The Labute approximate surface area is 161 Å². The Morgan fingerprint density at radius 3 is 2.96 bits per heavy atom. The molecular formula is C19H18Cl2N4O. The average Bonchev–Trinajstić information content (AvgIpc) is 2.95. The van der Waals surface area contributed by atoms with E-state index in [0.717, 1.165) is 29.2 Å². The molecule has 0 bridgehead atoms. The van der Waals surface area contributed by atoms with Crippen molar-refractivity contribution in [3.8, 4) is 0 Å². The van der Waals surface area contributed by atoms with E-state index in [-0.39, 0.29) is 5.91 Å². The molecule has 2 aromatic heterocycles. The Bertz CT molecular complexity index is 999. The molecule has 0 fully saturated rings. The number of aromatic nitrogens is 2. The average molecular weight is 389 g/mol. The fraction of sp³-hybridized carbons (Fsp3) is 0.263. The zero-order valence-electron chi connectivity index (χ0n) is 14.3. The lowest BCUT2D eigenvalue weighted by Gasteiger charge is -2.26. The summed E-state index contributed by atoms with van der Waals surface area (Å²) in [5.74, 6) is 0.441. The van der Waals surface area contributed by atoms with E-state index in [0.29, 0.717) is 29.6 Å². The number of benzene rings is 1. The first kappa shape index (κ1) is 17.3. The minimum Gasteiger partial charge on any atom is -0.357 e. The third-order valence-electron chi connectivity index (χ3n) is 4.67. The minimum atomic E-state index is -0.0816. The van der Waals surface area contributed by atoms with E-state index in [9.17, 15) is 4.79 Å². The van der Waals surface area contributed by atoms with Crippen molar-refractivity contribution in [3.63, 3.8) is 0 Å². The molecule has 3 heterocycles. The number of aromatic amines is 1. The molecular weight excluding hydrogens is 371 g/mol. The largest absolute Gasteiger partial charge is 0.357 e. The number of rotatable bonds is 3. The molecule has 0 radical (unpaired) electrons. The van der Waals surface area contributed by atoms with Crippen LogP contribution in [0, 0.1) is 6.92 Å². The van der Waals surface area contributed by atoms with Gasteiger partial charge in [-0.2, -0.15) is 0 Å². The highest BCUT2D eigenvalue weighted by Gasteiger charge is 2.22.